The Kier molecular flexibility index (Phi) is 5.44. The lowest BCUT2D eigenvalue weighted by Crippen LogP contribution is -2.18. The van der Waals surface area contributed by atoms with Crippen LogP contribution in [0, 0.1) is 11.8 Å². The molecular weight excluding hydrogens is 268 g/mol. The number of amides is 1. The molecule has 3 N–H and O–H groups in total. The van der Waals surface area contributed by atoms with Crippen molar-refractivity contribution in [2.75, 3.05) is 18.7 Å². The van der Waals surface area contributed by atoms with Gasteiger partial charge in [-0.3, -0.25) is 4.79 Å². The molecule has 1 atom stereocenters. The molecule has 0 radical (unpaired) electrons. The van der Waals surface area contributed by atoms with E-state index in [2.05, 4.69) is 19.2 Å². The van der Waals surface area contributed by atoms with Crippen molar-refractivity contribution in [3.8, 4) is 11.5 Å². The third kappa shape index (κ3) is 4.36. The zero-order chi connectivity index (χ0) is 15.2. The molecule has 116 valence electrons. The van der Waals surface area contributed by atoms with E-state index in [1.54, 1.807) is 6.07 Å². The molecule has 1 aliphatic rings. The summed E-state index contributed by atoms with van der Waals surface area (Å²) in [4.78, 5) is 12.0. The molecule has 0 spiro atoms. The molecule has 21 heavy (non-hydrogen) atoms. The topological polar surface area (TPSA) is 73.6 Å². The van der Waals surface area contributed by atoms with Gasteiger partial charge in [-0.1, -0.05) is 13.8 Å². The van der Waals surface area contributed by atoms with E-state index >= 15 is 0 Å². The first-order valence-electron chi connectivity index (χ1n) is 7.49. The Balaban J connectivity index is 1.84. The quantitative estimate of drug-likeness (QED) is 0.810. The Morgan fingerprint density at radius 2 is 2.05 bits per heavy atom. The molecule has 1 heterocycles. The fourth-order valence-corrected chi connectivity index (χ4v) is 2.54. The smallest absolute Gasteiger partial charge is 0.231 e. The lowest BCUT2D eigenvalue weighted by Gasteiger charge is -2.19. The first-order chi connectivity index (χ1) is 10.1. The van der Waals surface area contributed by atoms with E-state index in [9.17, 15) is 4.79 Å². The van der Waals surface area contributed by atoms with Crippen LogP contribution in [0.1, 0.15) is 33.1 Å². The molecule has 1 unspecified atom stereocenters. The second kappa shape index (κ2) is 7.31. The number of benzene rings is 1. The molecule has 2 rings (SSSR count). The summed E-state index contributed by atoms with van der Waals surface area (Å²) in [5, 5.41) is 2.90. The number of carbonyl (C=O) groups excluding carboxylic acids is 1. The average molecular weight is 292 g/mol. The summed E-state index contributed by atoms with van der Waals surface area (Å²) in [6, 6.07) is 5.43. The van der Waals surface area contributed by atoms with Crippen LogP contribution in [-0.4, -0.2) is 19.2 Å². The van der Waals surface area contributed by atoms with Gasteiger partial charge < -0.3 is 20.5 Å². The molecular formula is C16H24N2O3. The van der Waals surface area contributed by atoms with Crippen molar-refractivity contribution in [3.05, 3.63) is 18.2 Å². The van der Waals surface area contributed by atoms with E-state index in [0.717, 1.165) is 24.3 Å². The van der Waals surface area contributed by atoms with Crippen molar-refractivity contribution in [1.29, 1.82) is 0 Å². The number of nitrogens with one attached hydrogen (secondary N) is 1. The van der Waals surface area contributed by atoms with Gasteiger partial charge in [0.05, 0.1) is 0 Å². The number of carbonyl (C=O) groups is 1. The highest BCUT2D eigenvalue weighted by molar-refractivity contribution is 5.91. The van der Waals surface area contributed by atoms with Gasteiger partial charge in [0, 0.05) is 18.2 Å². The Hall–Kier alpha value is -1.75. The van der Waals surface area contributed by atoms with Crippen molar-refractivity contribution in [3.63, 3.8) is 0 Å². The molecule has 1 amide bonds. The fourth-order valence-electron chi connectivity index (χ4n) is 2.54. The van der Waals surface area contributed by atoms with Crippen molar-refractivity contribution < 1.29 is 14.3 Å². The van der Waals surface area contributed by atoms with Crippen LogP contribution >= 0.6 is 0 Å². The monoisotopic (exact) mass is 292 g/mol. The Bertz CT molecular complexity index is 488. The molecule has 1 aliphatic heterocycles. The average Bonchev–Trinajstić information content (AvgIpc) is 2.90. The predicted octanol–water partition coefficient (Wildman–Crippen LogP) is 2.76. The first-order valence-corrected chi connectivity index (χ1v) is 7.49. The minimum absolute atomic E-state index is 0.0246. The summed E-state index contributed by atoms with van der Waals surface area (Å²) in [6.45, 7) is 5.26. The van der Waals surface area contributed by atoms with Crippen molar-refractivity contribution in [2.45, 2.75) is 33.1 Å². The number of hydrogen-bond donors (Lipinski definition) is 2. The number of fused-ring (bicyclic) bond motifs is 1. The van der Waals surface area contributed by atoms with Crippen LogP contribution in [0.4, 0.5) is 5.69 Å². The molecule has 0 bridgehead atoms. The minimum atomic E-state index is 0.0246. The summed E-state index contributed by atoms with van der Waals surface area (Å²) < 4.78 is 10.5. The zero-order valence-electron chi connectivity index (χ0n) is 12.7. The van der Waals surface area contributed by atoms with Gasteiger partial charge in [-0.2, -0.15) is 0 Å². The van der Waals surface area contributed by atoms with Crippen molar-refractivity contribution in [2.24, 2.45) is 17.6 Å². The summed E-state index contributed by atoms with van der Waals surface area (Å²) in [7, 11) is 0. The largest absolute Gasteiger partial charge is 0.454 e. The maximum absolute atomic E-state index is 12.0. The van der Waals surface area contributed by atoms with Crippen molar-refractivity contribution in [1.82, 2.24) is 0 Å². The molecule has 0 aromatic heterocycles. The number of nitrogens with two attached hydrogens (primary N) is 1. The van der Waals surface area contributed by atoms with E-state index in [0.29, 0.717) is 30.6 Å². The third-order valence-corrected chi connectivity index (χ3v) is 3.88. The number of anilines is 1. The summed E-state index contributed by atoms with van der Waals surface area (Å²) >= 11 is 0. The van der Waals surface area contributed by atoms with Crippen LogP contribution < -0.4 is 20.5 Å². The van der Waals surface area contributed by atoms with E-state index in [1.165, 1.54) is 0 Å². The van der Waals surface area contributed by atoms with Gasteiger partial charge in [-0.25, -0.2) is 0 Å². The van der Waals surface area contributed by atoms with E-state index in [1.807, 2.05) is 12.1 Å². The first kappa shape index (κ1) is 15.6. The van der Waals surface area contributed by atoms with Crippen LogP contribution in [0.25, 0.3) is 0 Å². The molecule has 0 aliphatic carbocycles. The summed E-state index contributed by atoms with van der Waals surface area (Å²) in [6.07, 6.45) is 2.34. The molecule has 1 aromatic carbocycles. The number of ether oxygens (including phenoxy) is 2. The minimum Gasteiger partial charge on any atom is -0.454 e. The van der Waals surface area contributed by atoms with Gasteiger partial charge in [0.25, 0.3) is 0 Å². The molecule has 5 heteroatoms. The van der Waals surface area contributed by atoms with Gasteiger partial charge in [0.15, 0.2) is 11.5 Å². The highest BCUT2D eigenvalue weighted by atomic mass is 16.7. The van der Waals surface area contributed by atoms with Crippen LogP contribution in [0.3, 0.4) is 0 Å². The Labute approximate surface area is 125 Å². The second-order valence-electron chi connectivity index (χ2n) is 5.74. The van der Waals surface area contributed by atoms with Gasteiger partial charge >= 0.3 is 0 Å². The fraction of sp³-hybridized carbons (Fsp3) is 0.562. The highest BCUT2D eigenvalue weighted by Gasteiger charge is 2.16. The Morgan fingerprint density at radius 3 is 2.76 bits per heavy atom. The molecule has 0 saturated heterocycles. The SMILES string of the molecule is CC(C)C(CCN)CCC(=O)Nc1ccc2c(c1)OCO2. The maximum atomic E-state index is 12.0. The number of hydrogen-bond acceptors (Lipinski definition) is 4. The molecule has 1 aromatic rings. The van der Waals surface area contributed by atoms with E-state index < -0.39 is 0 Å². The summed E-state index contributed by atoms with van der Waals surface area (Å²) in [5.41, 5.74) is 6.36. The normalized spacial score (nSPS) is 14.3. The highest BCUT2D eigenvalue weighted by Crippen LogP contribution is 2.34. The number of rotatable bonds is 7. The predicted molar refractivity (Wildman–Crippen MR) is 82.4 cm³/mol. The van der Waals surface area contributed by atoms with Gasteiger partial charge in [-0.05, 0) is 43.4 Å². The molecule has 5 nitrogen and oxygen atoms in total. The van der Waals surface area contributed by atoms with Crippen LogP contribution in [-0.2, 0) is 4.79 Å². The molecule has 0 fully saturated rings. The Morgan fingerprint density at radius 1 is 1.29 bits per heavy atom. The van der Waals surface area contributed by atoms with Crippen molar-refractivity contribution >= 4 is 11.6 Å². The molecule has 0 saturated carbocycles. The zero-order valence-corrected chi connectivity index (χ0v) is 12.7. The lowest BCUT2D eigenvalue weighted by atomic mass is 9.88. The van der Waals surface area contributed by atoms with E-state index in [-0.39, 0.29) is 12.7 Å². The maximum Gasteiger partial charge on any atom is 0.231 e. The van der Waals surface area contributed by atoms with Gasteiger partial charge in [0.1, 0.15) is 0 Å². The van der Waals surface area contributed by atoms with Crippen LogP contribution in [0.5, 0.6) is 11.5 Å². The third-order valence-electron chi connectivity index (χ3n) is 3.88. The van der Waals surface area contributed by atoms with Crippen LogP contribution in [0.2, 0.25) is 0 Å². The van der Waals surface area contributed by atoms with Gasteiger partial charge in [0.2, 0.25) is 12.7 Å². The van der Waals surface area contributed by atoms with E-state index in [4.69, 9.17) is 15.2 Å². The second-order valence-corrected chi connectivity index (χ2v) is 5.74. The summed E-state index contributed by atoms with van der Waals surface area (Å²) in [5.74, 6) is 2.47. The lowest BCUT2D eigenvalue weighted by molar-refractivity contribution is -0.116. The van der Waals surface area contributed by atoms with Gasteiger partial charge in [-0.15, -0.1) is 0 Å². The van der Waals surface area contributed by atoms with Crippen LogP contribution in [0.15, 0.2) is 18.2 Å². The standard InChI is InChI=1S/C16H24N2O3/c1-11(2)12(7-8-17)3-6-16(19)18-13-4-5-14-15(9-13)21-10-20-14/h4-5,9,11-12H,3,6-8,10,17H2,1-2H3,(H,18,19).